The summed E-state index contributed by atoms with van der Waals surface area (Å²) >= 11 is 0. The number of nitrogens with one attached hydrogen (secondary N) is 1. The van der Waals surface area contributed by atoms with Crippen LogP contribution in [0.25, 0.3) is 0 Å². The van der Waals surface area contributed by atoms with Crippen LogP contribution in [0.5, 0.6) is 0 Å². The van der Waals surface area contributed by atoms with Gasteiger partial charge in [-0.15, -0.1) is 0 Å². The largest absolute Gasteiger partial charge is 0.465 e. The van der Waals surface area contributed by atoms with Gasteiger partial charge in [0.05, 0.1) is 17.6 Å². The number of hydrogen-bond donors (Lipinski definition) is 1. The zero-order valence-electron chi connectivity index (χ0n) is 12.2. The number of methoxy groups -OCH3 is 1. The summed E-state index contributed by atoms with van der Waals surface area (Å²) in [5.41, 5.74) is 0.0406. The smallest absolute Gasteiger partial charge is 0.339 e. The molecule has 2 unspecified atom stereocenters. The van der Waals surface area contributed by atoms with Crippen molar-refractivity contribution < 1.29 is 17.9 Å². The zero-order chi connectivity index (χ0) is 15.3. The molecule has 20 heavy (non-hydrogen) atoms. The van der Waals surface area contributed by atoms with Gasteiger partial charge >= 0.3 is 5.97 Å². The molecule has 1 N–H and O–H groups in total. The van der Waals surface area contributed by atoms with Gasteiger partial charge in [0.25, 0.3) is 0 Å². The number of rotatable bonds is 6. The minimum atomic E-state index is -3.75. The lowest BCUT2D eigenvalue weighted by Gasteiger charge is -2.20. The molecule has 5 nitrogen and oxygen atoms in total. The average molecular weight is 299 g/mol. The molecule has 1 rings (SSSR count). The normalized spacial score (nSPS) is 14.6. The van der Waals surface area contributed by atoms with Crippen molar-refractivity contribution in [3.8, 4) is 0 Å². The molecule has 0 saturated heterocycles. The number of sulfonamides is 1. The maximum absolute atomic E-state index is 12.4. The Morgan fingerprint density at radius 2 is 1.90 bits per heavy atom. The van der Waals surface area contributed by atoms with E-state index in [4.69, 9.17) is 0 Å². The van der Waals surface area contributed by atoms with Crippen molar-refractivity contribution in [3.63, 3.8) is 0 Å². The zero-order valence-corrected chi connectivity index (χ0v) is 13.0. The highest BCUT2D eigenvalue weighted by Gasteiger charge is 2.25. The lowest BCUT2D eigenvalue weighted by atomic mass is 10.0. The first-order chi connectivity index (χ1) is 9.33. The van der Waals surface area contributed by atoms with Crippen molar-refractivity contribution in [2.24, 2.45) is 5.92 Å². The molecule has 2 atom stereocenters. The minimum absolute atomic E-state index is 0.0406. The molecule has 0 amide bonds. The van der Waals surface area contributed by atoms with Crippen molar-refractivity contribution in [2.75, 3.05) is 7.11 Å². The highest BCUT2D eigenvalue weighted by Crippen LogP contribution is 2.18. The topological polar surface area (TPSA) is 72.5 Å². The summed E-state index contributed by atoms with van der Waals surface area (Å²) in [5, 5.41) is 0. The monoisotopic (exact) mass is 299 g/mol. The number of hydrogen-bond acceptors (Lipinski definition) is 4. The second-order valence-corrected chi connectivity index (χ2v) is 6.47. The predicted molar refractivity (Wildman–Crippen MR) is 77.0 cm³/mol. The molecule has 0 aromatic heterocycles. The van der Waals surface area contributed by atoms with E-state index in [1.54, 1.807) is 12.1 Å². The molecule has 1 aromatic rings. The van der Waals surface area contributed by atoms with Crippen LogP contribution in [0, 0.1) is 5.92 Å². The first-order valence-corrected chi connectivity index (χ1v) is 8.01. The van der Waals surface area contributed by atoms with Crippen LogP contribution in [0.3, 0.4) is 0 Å². The number of benzene rings is 1. The van der Waals surface area contributed by atoms with Crippen molar-refractivity contribution in [2.45, 2.75) is 38.1 Å². The third kappa shape index (κ3) is 3.80. The van der Waals surface area contributed by atoms with E-state index in [-0.39, 0.29) is 22.4 Å². The maximum Gasteiger partial charge on any atom is 0.339 e. The fourth-order valence-corrected chi connectivity index (χ4v) is 3.30. The van der Waals surface area contributed by atoms with E-state index < -0.39 is 16.0 Å². The Hall–Kier alpha value is -1.40. The second kappa shape index (κ2) is 6.85. The Balaban J connectivity index is 3.13. The molecule has 0 aliphatic rings. The van der Waals surface area contributed by atoms with Crippen molar-refractivity contribution in [1.29, 1.82) is 0 Å². The number of esters is 1. The van der Waals surface area contributed by atoms with Gasteiger partial charge in [0.15, 0.2) is 0 Å². The van der Waals surface area contributed by atoms with Crippen LogP contribution >= 0.6 is 0 Å². The molecular weight excluding hydrogens is 278 g/mol. The van der Waals surface area contributed by atoms with Crippen LogP contribution in [-0.2, 0) is 14.8 Å². The lowest BCUT2D eigenvalue weighted by molar-refractivity contribution is 0.0596. The molecule has 112 valence electrons. The molecule has 0 spiro atoms. The van der Waals surface area contributed by atoms with E-state index in [1.165, 1.54) is 19.2 Å². The Morgan fingerprint density at radius 1 is 1.30 bits per heavy atom. The van der Waals surface area contributed by atoms with Gasteiger partial charge in [0.1, 0.15) is 0 Å². The van der Waals surface area contributed by atoms with Gasteiger partial charge in [-0.3, -0.25) is 0 Å². The number of carbonyl (C=O) groups is 1. The molecule has 0 bridgehead atoms. The van der Waals surface area contributed by atoms with Crippen molar-refractivity contribution in [1.82, 2.24) is 4.72 Å². The van der Waals surface area contributed by atoms with Crippen molar-refractivity contribution >= 4 is 16.0 Å². The molecule has 0 heterocycles. The Labute approximate surface area is 120 Å². The standard InChI is InChI=1S/C14H21NO4S/c1-5-10(2)11(3)15-20(17,18)13-9-7-6-8-12(13)14(16)19-4/h6-11,15H,5H2,1-4H3. The molecule has 1 aromatic carbocycles. The molecule has 6 heteroatoms. The number of carbonyl (C=O) groups excluding carboxylic acids is 1. The van der Waals surface area contributed by atoms with Gasteiger partial charge in [-0.05, 0) is 25.0 Å². The quantitative estimate of drug-likeness (QED) is 0.817. The highest BCUT2D eigenvalue weighted by atomic mass is 32.2. The van der Waals surface area contributed by atoms with Gasteiger partial charge < -0.3 is 4.74 Å². The van der Waals surface area contributed by atoms with Gasteiger partial charge in [0, 0.05) is 6.04 Å². The first kappa shape index (κ1) is 16.7. The lowest BCUT2D eigenvalue weighted by Crippen LogP contribution is -2.37. The summed E-state index contributed by atoms with van der Waals surface area (Å²) in [6.45, 7) is 5.78. The van der Waals surface area contributed by atoms with Crippen LogP contribution < -0.4 is 4.72 Å². The van der Waals surface area contributed by atoms with Crippen LogP contribution in [0.4, 0.5) is 0 Å². The molecule has 0 saturated carbocycles. The van der Waals surface area contributed by atoms with E-state index in [2.05, 4.69) is 9.46 Å². The van der Waals surface area contributed by atoms with Gasteiger partial charge in [-0.25, -0.2) is 17.9 Å². The molecule has 0 aliphatic heterocycles. The highest BCUT2D eigenvalue weighted by molar-refractivity contribution is 7.89. The van der Waals surface area contributed by atoms with E-state index in [0.717, 1.165) is 6.42 Å². The Morgan fingerprint density at radius 3 is 2.45 bits per heavy atom. The maximum atomic E-state index is 12.4. The third-order valence-corrected chi connectivity index (χ3v) is 5.04. The fraction of sp³-hybridized carbons (Fsp3) is 0.500. The van der Waals surface area contributed by atoms with Gasteiger partial charge in [0.2, 0.25) is 10.0 Å². The van der Waals surface area contributed by atoms with Crippen LogP contribution in [0.1, 0.15) is 37.6 Å². The van der Waals surface area contributed by atoms with Gasteiger partial charge in [-0.1, -0.05) is 32.4 Å². The Bertz CT molecular complexity index is 568. The Kier molecular flexibility index (Phi) is 5.71. The van der Waals surface area contributed by atoms with Crippen LogP contribution in [0.2, 0.25) is 0 Å². The number of ether oxygens (including phenoxy) is 1. The first-order valence-electron chi connectivity index (χ1n) is 6.53. The predicted octanol–water partition coefficient (Wildman–Crippen LogP) is 2.19. The van der Waals surface area contributed by atoms with E-state index in [9.17, 15) is 13.2 Å². The summed E-state index contributed by atoms with van der Waals surface area (Å²) in [7, 11) is -2.53. The SMILES string of the molecule is CCC(C)C(C)NS(=O)(=O)c1ccccc1C(=O)OC. The summed E-state index contributed by atoms with van der Waals surface area (Å²) in [6, 6.07) is 5.81. The van der Waals surface area contributed by atoms with Gasteiger partial charge in [-0.2, -0.15) is 0 Å². The molecule has 0 aliphatic carbocycles. The van der Waals surface area contributed by atoms with Crippen molar-refractivity contribution in [3.05, 3.63) is 29.8 Å². The van der Waals surface area contributed by atoms with E-state index in [0.29, 0.717) is 0 Å². The second-order valence-electron chi connectivity index (χ2n) is 4.78. The summed E-state index contributed by atoms with van der Waals surface area (Å²) < 4.78 is 32.0. The molecule has 0 radical (unpaired) electrons. The third-order valence-electron chi connectivity index (χ3n) is 3.42. The van der Waals surface area contributed by atoms with E-state index in [1.807, 2.05) is 20.8 Å². The van der Waals surface area contributed by atoms with Crippen LogP contribution in [0.15, 0.2) is 29.2 Å². The summed E-state index contributed by atoms with van der Waals surface area (Å²) in [5.74, 6) is -0.461. The fourth-order valence-electron chi connectivity index (χ4n) is 1.76. The van der Waals surface area contributed by atoms with Crippen LogP contribution in [-0.4, -0.2) is 27.5 Å². The average Bonchev–Trinajstić information content (AvgIpc) is 2.44. The van der Waals surface area contributed by atoms with E-state index >= 15 is 0 Å². The summed E-state index contributed by atoms with van der Waals surface area (Å²) in [6.07, 6.45) is 0.863. The molecule has 0 fully saturated rings. The minimum Gasteiger partial charge on any atom is -0.465 e. The molecular formula is C14H21NO4S. The summed E-state index contributed by atoms with van der Waals surface area (Å²) in [4.78, 5) is 11.6.